The van der Waals surface area contributed by atoms with E-state index < -0.39 is 20.2 Å². The molecule has 0 saturated heterocycles. The molecule has 0 atom stereocenters. The molecule has 114 valence electrons. The Balaban J connectivity index is 2.60. The van der Waals surface area contributed by atoms with Gasteiger partial charge in [0.15, 0.2) is 0 Å². The van der Waals surface area contributed by atoms with Crippen LogP contribution in [0, 0.1) is 11.8 Å². The van der Waals surface area contributed by atoms with Crippen molar-refractivity contribution in [2.75, 3.05) is 0 Å². The lowest BCUT2D eigenvalue weighted by atomic mass is 10.2. The summed E-state index contributed by atoms with van der Waals surface area (Å²) in [5.41, 5.74) is 0.0188. The fourth-order valence-corrected chi connectivity index (χ4v) is 3.02. The van der Waals surface area contributed by atoms with E-state index in [-0.39, 0.29) is 20.9 Å². The second-order valence-corrected chi connectivity index (χ2v) is 6.97. The molecule has 0 aromatic heterocycles. The van der Waals surface area contributed by atoms with Gasteiger partial charge in [-0.1, -0.05) is 36.1 Å². The lowest BCUT2D eigenvalue weighted by molar-refractivity contribution is 0.480. The third kappa shape index (κ3) is 3.72. The Morgan fingerprint density at radius 3 is 1.27 bits per heavy atom. The highest BCUT2D eigenvalue weighted by atomic mass is 32.2. The molecule has 2 aromatic carbocycles. The predicted octanol–water partition coefficient (Wildman–Crippen LogP) is 1.58. The summed E-state index contributed by atoms with van der Waals surface area (Å²) >= 11 is 0. The SMILES string of the molecule is O=S(=O)(O)c1ccccc1C#Cc1ccccc1S(=O)(=O)O. The molecule has 2 rings (SSSR count). The highest BCUT2D eigenvalue weighted by Gasteiger charge is 2.15. The van der Waals surface area contributed by atoms with Crippen molar-refractivity contribution in [3.63, 3.8) is 0 Å². The van der Waals surface area contributed by atoms with Crippen molar-refractivity contribution < 1.29 is 25.9 Å². The third-order valence-corrected chi connectivity index (χ3v) is 4.49. The monoisotopic (exact) mass is 338 g/mol. The van der Waals surface area contributed by atoms with Crippen LogP contribution in [-0.2, 0) is 20.2 Å². The zero-order valence-electron chi connectivity index (χ0n) is 11.0. The lowest BCUT2D eigenvalue weighted by Crippen LogP contribution is -2.02. The van der Waals surface area contributed by atoms with Gasteiger partial charge in [-0.2, -0.15) is 16.8 Å². The van der Waals surface area contributed by atoms with Crippen LogP contribution in [-0.4, -0.2) is 25.9 Å². The number of hydrogen-bond donors (Lipinski definition) is 2. The van der Waals surface area contributed by atoms with E-state index in [1.807, 2.05) is 0 Å². The van der Waals surface area contributed by atoms with Crippen LogP contribution in [0.3, 0.4) is 0 Å². The van der Waals surface area contributed by atoms with Crippen LogP contribution in [0.2, 0.25) is 0 Å². The van der Waals surface area contributed by atoms with Crippen molar-refractivity contribution in [1.29, 1.82) is 0 Å². The average Bonchev–Trinajstić information content (AvgIpc) is 2.44. The maximum absolute atomic E-state index is 11.2. The first kappa shape index (κ1) is 16.2. The summed E-state index contributed by atoms with van der Waals surface area (Å²) in [6.07, 6.45) is 0. The van der Waals surface area contributed by atoms with Crippen molar-refractivity contribution >= 4 is 20.2 Å². The van der Waals surface area contributed by atoms with E-state index >= 15 is 0 Å². The Kier molecular flexibility index (Phi) is 4.35. The molecular formula is C14H10O6S2. The molecule has 0 unspecified atom stereocenters. The molecule has 6 nitrogen and oxygen atoms in total. The number of rotatable bonds is 2. The van der Waals surface area contributed by atoms with Gasteiger partial charge in [-0.05, 0) is 24.3 Å². The zero-order valence-corrected chi connectivity index (χ0v) is 12.6. The molecule has 8 heteroatoms. The summed E-state index contributed by atoms with van der Waals surface area (Å²) in [6.45, 7) is 0. The summed E-state index contributed by atoms with van der Waals surface area (Å²) < 4.78 is 63.2. The van der Waals surface area contributed by atoms with Gasteiger partial charge < -0.3 is 0 Å². The molecule has 0 amide bonds. The first-order chi connectivity index (χ1) is 10.2. The van der Waals surface area contributed by atoms with E-state index in [9.17, 15) is 16.8 Å². The molecule has 0 radical (unpaired) electrons. The number of hydrogen-bond acceptors (Lipinski definition) is 4. The predicted molar refractivity (Wildman–Crippen MR) is 78.5 cm³/mol. The Labute approximate surface area is 127 Å². The van der Waals surface area contributed by atoms with Gasteiger partial charge in [0.05, 0.1) is 0 Å². The number of benzene rings is 2. The normalized spacial score (nSPS) is 11.5. The van der Waals surface area contributed by atoms with E-state index in [2.05, 4.69) is 11.8 Å². The second kappa shape index (κ2) is 5.90. The van der Waals surface area contributed by atoms with Gasteiger partial charge in [-0.3, -0.25) is 9.11 Å². The highest BCUT2D eigenvalue weighted by Crippen LogP contribution is 2.16. The van der Waals surface area contributed by atoms with Crippen molar-refractivity contribution in [3.8, 4) is 11.8 Å². The van der Waals surface area contributed by atoms with Gasteiger partial charge in [0.25, 0.3) is 20.2 Å². The Morgan fingerprint density at radius 2 is 0.955 bits per heavy atom. The van der Waals surface area contributed by atoms with E-state index in [1.165, 1.54) is 48.5 Å². The molecule has 0 bridgehead atoms. The standard InChI is InChI=1S/C14H10O6S2/c15-21(16,17)13-7-3-1-5-11(13)9-10-12-6-2-4-8-14(12)22(18,19)20/h1-8H,(H,15,16,17)(H,18,19,20). The molecule has 2 N–H and O–H groups in total. The van der Waals surface area contributed by atoms with Gasteiger partial charge >= 0.3 is 0 Å². The first-order valence-corrected chi connectivity index (χ1v) is 8.72. The Hall–Kier alpha value is -2.18. The Bertz CT molecular complexity index is 900. The van der Waals surface area contributed by atoms with E-state index in [4.69, 9.17) is 9.11 Å². The highest BCUT2D eigenvalue weighted by molar-refractivity contribution is 7.86. The third-order valence-electron chi connectivity index (χ3n) is 2.66. The van der Waals surface area contributed by atoms with Gasteiger partial charge in [-0.25, -0.2) is 0 Å². The second-order valence-electron chi connectivity index (χ2n) is 4.19. The first-order valence-electron chi connectivity index (χ1n) is 5.84. The van der Waals surface area contributed by atoms with Gasteiger partial charge in [-0.15, -0.1) is 0 Å². The summed E-state index contributed by atoms with van der Waals surface area (Å²) in [4.78, 5) is -0.765. The average molecular weight is 338 g/mol. The van der Waals surface area contributed by atoms with Crippen LogP contribution < -0.4 is 0 Å². The van der Waals surface area contributed by atoms with E-state index in [0.717, 1.165) is 0 Å². The van der Waals surface area contributed by atoms with Crippen molar-refractivity contribution in [1.82, 2.24) is 0 Å². The minimum Gasteiger partial charge on any atom is -0.282 e. The van der Waals surface area contributed by atoms with Crippen molar-refractivity contribution in [3.05, 3.63) is 59.7 Å². The topological polar surface area (TPSA) is 109 Å². The lowest BCUT2D eigenvalue weighted by Gasteiger charge is -2.01. The minimum atomic E-state index is -4.45. The minimum absolute atomic E-state index is 0.00939. The summed E-state index contributed by atoms with van der Waals surface area (Å²) in [5, 5.41) is 0. The smallest absolute Gasteiger partial charge is 0.282 e. The molecule has 0 aliphatic rings. The maximum atomic E-state index is 11.2. The van der Waals surface area contributed by atoms with Crippen molar-refractivity contribution in [2.24, 2.45) is 0 Å². The maximum Gasteiger partial charge on any atom is 0.295 e. The van der Waals surface area contributed by atoms with Crippen LogP contribution in [0.15, 0.2) is 58.3 Å². The van der Waals surface area contributed by atoms with Crippen LogP contribution in [0.1, 0.15) is 11.1 Å². The molecule has 0 fully saturated rings. The molecule has 22 heavy (non-hydrogen) atoms. The molecule has 0 heterocycles. The quantitative estimate of drug-likeness (QED) is 0.636. The summed E-state index contributed by atoms with van der Waals surface area (Å²) in [6, 6.07) is 11.0. The van der Waals surface area contributed by atoms with Gasteiger partial charge in [0, 0.05) is 11.1 Å². The van der Waals surface area contributed by atoms with Crippen LogP contribution in [0.4, 0.5) is 0 Å². The summed E-state index contributed by atoms with van der Waals surface area (Å²) in [5.74, 6) is 4.97. The fraction of sp³-hybridized carbons (Fsp3) is 0. The Morgan fingerprint density at radius 1 is 0.636 bits per heavy atom. The molecule has 0 saturated carbocycles. The van der Waals surface area contributed by atoms with E-state index in [1.54, 1.807) is 0 Å². The van der Waals surface area contributed by atoms with Crippen molar-refractivity contribution in [2.45, 2.75) is 9.79 Å². The molecule has 0 spiro atoms. The largest absolute Gasteiger partial charge is 0.295 e. The molecule has 0 aliphatic heterocycles. The molecule has 2 aromatic rings. The molecular weight excluding hydrogens is 328 g/mol. The van der Waals surface area contributed by atoms with Crippen LogP contribution in [0.25, 0.3) is 0 Å². The molecule has 0 aliphatic carbocycles. The van der Waals surface area contributed by atoms with Gasteiger partial charge in [0.2, 0.25) is 0 Å². The summed E-state index contributed by atoms with van der Waals surface area (Å²) in [7, 11) is -8.89. The zero-order chi connectivity index (χ0) is 16.4. The van der Waals surface area contributed by atoms with Crippen LogP contribution >= 0.6 is 0 Å². The van der Waals surface area contributed by atoms with E-state index in [0.29, 0.717) is 0 Å². The fourth-order valence-electron chi connectivity index (χ4n) is 1.72. The van der Waals surface area contributed by atoms with Gasteiger partial charge in [0.1, 0.15) is 9.79 Å². The van der Waals surface area contributed by atoms with Crippen LogP contribution in [0.5, 0.6) is 0 Å².